The number of carbonyl (C=O) groups is 1. The van der Waals surface area contributed by atoms with Gasteiger partial charge in [-0.25, -0.2) is 4.98 Å². The molecule has 1 aromatic heterocycles. The smallest absolute Gasteiger partial charge is 0.272 e. The van der Waals surface area contributed by atoms with Gasteiger partial charge in [0.2, 0.25) is 0 Å². The maximum Gasteiger partial charge on any atom is 0.272 e. The van der Waals surface area contributed by atoms with Crippen LogP contribution >= 0.6 is 15.9 Å². The molecular formula is C13H19BrN2O3. The minimum absolute atomic E-state index is 0.0339. The highest BCUT2D eigenvalue weighted by Gasteiger charge is 2.22. The zero-order chi connectivity index (χ0) is 14.3. The summed E-state index contributed by atoms with van der Waals surface area (Å²) in [6.45, 7) is 3.40. The Labute approximate surface area is 122 Å². The molecule has 1 amide bonds. The van der Waals surface area contributed by atoms with E-state index in [-0.39, 0.29) is 11.9 Å². The molecule has 6 heteroatoms. The average Bonchev–Trinajstić information content (AvgIpc) is 2.39. The van der Waals surface area contributed by atoms with E-state index in [2.05, 4.69) is 20.9 Å². The number of methoxy groups -OCH3 is 2. The quantitative estimate of drug-likeness (QED) is 0.717. The summed E-state index contributed by atoms with van der Waals surface area (Å²) < 4.78 is 10.8. The predicted molar refractivity (Wildman–Crippen MR) is 76.2 cm³/mol. The van der Waals surface area contributed by atoms with E-state index < -0.39 is 0 Å². The van der Waals surface area contributed by atoms with Crippen LogP contribution in [0.15, 0.2) is 22.8 Å². The molecule has 0 bridgehead atoms. The topological polar surface area (TPSA) is 51.7 Å². The predicted octanol–water partition coefficient (Wildman–Crippen LogP) is 1.97. The second-order valence-corrected chi connectivity index (χ2v) is 4.95. The zero-order valence-corrected chi connectivity index (χ0v) is 13.0. The molecule has 106 valence electrons. The van der Waals surface area contributed by atoms with Gasteiger partial charge in [0.25, 0.3) is 5.91 Å². The van der Waals surface area contributed by atoms with Crippen molar-refractivity contribution in [3.05, 3.63) is 28.5 Å². The summed E-state index contributed by atoms with van der Waals surface area (Å²) in [7, 11) is 3.23. The van der Waals surface area contributed by atoms with Gasteiger partial charge in [0.05, 0.1) is 19.3 Å². The number of aromatic nitrogens is 1. The van der Waals surface area contributed by atoms with Gasteiger partial charge < -0.3 is 14.4 Å². The number of halogens is 1. The number of hydrogen-bond donors (Lipinski definition) is 0. The molecule has 1 unspecified atom stereocenters. The Morgan fingerprint density at radius 1 is 1.42 bits per heavy atom. The molecule has 1 rings (SSSR count). The zero-order valence-electron chi connectivity index (χ0n) is 11.4. The van der Waals surface area contributed by atoms with Crippen molar-refractivity contribution in [3.8, 4) is 0 Å². The third kappa shape index (κ3) is 4.89. The standard InChI is InChI=1S/C13H19BrN2O3/c1-10(9-19-3)16(7-8-18-2)13(17)11-5-4-6-12(14)15-11/h4-6,10H,7-9H2,1-3H3. The number of nitrogens with zero attached hydrogens (tertiary/aromatic N) is 2. The SMILES string of the molecule is COCCN(C(=O)c1cccc(Br)n1)C(C)COC. The fraction of sp³-hybridized carbons (Fsp3) is 0.538. The lowest BCUT2D eigenvalue weighted by molar-refractivity contribution is 0.0474. The minimum Gasteiger partial charge on any atom is -0.383 e. The van der Waals surface area contributed by atoms with Crippen LogP contribution in [0.5, 0.6) is 0 Å². The maximum absolute atomic E-state index is 12.5. The summed E-state index contributed by atoms with van der Waals surface area (Å²) in [6, 6.07) is 5.24. The summed E-state index contributed by atoms with van der Waals surface area (Å²) in [5.74, 6) is -0.122. The van der Waals surface area contributed by atoms with Gasteiger partial charge in [-0.05, 0) is 35.0 Å². The molecule has 0 aliphatic carbocycles. The van der Waals surface area contributed by atoms with Crippen molar-refractivity contribution in [2.24, 2.45) is 0 Å². The van der Waals surface area contributed by atoms with Crippen molar-refractivity contribution in [3.63, 3.8) is 0 Å². The van der Waals surface area contributed by atoms with Crippen molar-refractivity contribution >= 4 is 21.8 Å². The molecule has 19 heavy (non-hydrogen) atoms. The highest BCUT2D eigenvalue weighted by Crippen LogP contribution is 2.11. The van der Waals surface area contributed by atoms with Crippen LogP contribution in [0.2, 0.25) is 0 Å². The Morgan fingerprint density at radius 3 is 2.74 bits per heavy atom. The molecule has 1 heterocycles. The first-order valence-corrected chi connectivity index (χ1v) is 6.80. The third-order valence-electron chi connectivity index (χ3n) is 2.67. The van der Waals surface area contributed by atoms with E-state index in [1.807, 2.05) is 6.92 Å². The largest absolute Gasteiger partial charge is 0.383 e. The summed E-state index contributed by atoms with van der Waals surface area (Å²) in [5.41, 5.74) is 0.411. The van der Waals surface area contributed by atoms with Crippen molar-refractivity contribution in [2.45, 2.75) is 13.0 Å². The fourth-order valence-corrected chi connectivity index (χ4v) is 2.06. The van der Waals surface area contributed by atoms with E-state index in [0.29, 0.717) is 30.1 Å². The lowest BCUT2D eigenvalue weighted by Crippen LogP contribution is -2.43. The van der Waals surface area contributed by atoms with Gasteiger partial charge in [0.15, 0.2) is 0 Å². The molecule has 0 fully saturated rings. The summed E-state index contributed by atoms with van der Waals surface area (Å²) in [6.07, 6.45) is 0. The molecular weight excluding hydrogens is 312 g/mol. The number of pyridine rings is 1. The molecule has 0 radical (unpaired) electrons. The number of rotatable bonds is 7. The molecule has 0 saturated heterocycles. The molecule has 0 spiro atoms. The third-order valence-corrected chi connectivity index (χ3v) is 3.11. The number of hydrogen-bond acceptors (Lipinski definition) is 4. The van der Waals surface area contributed by atoms with Crippen LogP contribution in [0.1, 0.15) is 17.4 Å². The van der Waals surface area contributed by atoms with Crippen LogP contribution in [-0.2, 0) is 9.47 Å². The van der Waals surface area contributed by atoms with E-state index in [9.17, 15) is 4.79 Å². The molecule has 0 aliphatic heterocycles. The Hall–Kier alpha value is -0.980. The molecule has 1 atom stereocenters. The first kappa shape index (κ1) is 16.1. The van der Waals surface area contributed by atoms with E-state index in [1.165, 1.54) is 0 Å². The van der Waals surface area contributed by atoms with Gasteiger partial charge in [0, 0.05) is 20.8 Å². The number of amides is 1. The van der Waals surface area contributed by atoms with Gasteiger partial charge >= 0.3 is 0 Å². The highest BCUT2D eigenvalue weighted by atomic mass is 79.9. The van der Waals surface area contributed by atoms with Crippen LogP contribution in [0.25, 0.3) is 0 Å². The van der Waals surface area contributed by atoms with Gasteiger partial charge in [-0.15, -0.1) is 0 Å². The van der Waals surface area contributed by atoms with Crippen molar-refractivity contribution in [2.75, 3.05) is 34.0 Å². The maximum atomic E-state index is 12.5. The van der Waals surface area contributed by atoms with Crippen LogP contribution in [-0.4, -0.2) is 55.8 Å². The number of ether oxygens (including phenoxy) is 2. The van der Waals surface area contributed by atoms with E-state index in [4.69, 9.17) is 9.47 Å². The molecule has 0 saturated carbocycles. The van der Waals surface area contributed by atoms with Crippen LogP contribution in [0.4, 0.5) is 0 Å². The van der Waals surface area contributed by atoms with Gasteiger partial charge in [-0.1, -0.05) is 6.07 Å². The first-order valence-electron chi connectivity index (χ1n) is 6.01. The van der Waals surface area contributed by atoms with E-state index in [1.54, 1.807) is 37.3 Å². The Morgan fingerprint density at radius 2 is 2.16 bits per heavy atom. The first-order chi connectivity index (χ1) is 9.10. The highest BCUT2D eigenvalue weighted by molar-refractivity contribution is 9.10. The second kappa shape index (κ2) is 8.24. The molecule has 1 aromatic rings. The molecule has 0 aromatic carbocycles. The summed E-state index contributed by atoms with van der Waals surface area (Å²) in [4.78, 5) is 18.3. The monoisotopic (exact) mass is 330 g/mol. The van der Waals surface area contributed by atoms with Crippen molar-refractivity contribution in [1.29, 1.82) is 0 Å². The average molecular weight is 331 g/mol. The van der Waals surface area contributed by atoms with E-state index in [0.717, 1.165) is 0 Å². The minimum atomic E-state index is -0.122. The van der Waals surface area contributed by atoms with Crippen LogP contribution in [0.3, 0.4) is 0 Å². The molecule has 0 N–H and O–H groups in total. The molecule has 0 aliphatic rings. The molecule has 5 nitrogen and oxygen atoms in total. The Kier molecular flexibility index (Phi) is 6.97. The van der Waals surface area contributed by atoms with E-state index >= 15 is 0 Å². The normalized spacial score (nSPS) is 12.2. The van der Waals surface area contributed by atoms with Crippen LogP contribution < -0.4 is 0 Å². The van der Waals surface area contributed by atoms with Crippen molar-refractivity contribution < 1.29 is 14.3 Å². The Balaban J connectivity index is 2.86. The lowest BCUT2D eigenvalue weighted by Gasteiger charge is -2.28. The van der Waals surface area contributed by atoms with Gasteiger partial charge in [-0.3, -0.25) is 4.79 Å². The van der Waals surface area contributed by atoms with Crippen molar-refractivity contribution in [1.82, 2.24) is 9.88 Å². The lowest BCUT2D eigenvalue weighted by atomic mass is 10.2. The van der Waals surface area contributed by atoms with Gasteiger partial charge in [0.1, 0.15) is 10.3 Å². The number of carbonyl (C=O) groups excluding carboxylic acids is 1. The summed E-state index contributed by atoms with van der Waals surface area (Å²) >= 11 is 3.27. The Bertz CT molecular complexity index is 415. The summed E-state index contributed by atoms with van der Waals surface area (Å²) in [5, 5.41) is 0. The van der Waals surface area contributed by atoms with Gasteiger partial charge in [-0.2, -0.15) is 0 Å². The fourth-order valence-electron chi connectivity index (χ4n) is 1.72. The van der Waals surface area contributed by atoms with Crippen LogP contribution in [0, 0.1) is 0 Å². The second-order valence-electron chi connectivity index (χ2n) is 4.14.